The van der Waals surface area contributed by atoms with Gasteiger partial charge in [-0.3, -0.25) is 4.90 Å². The van der Waals surface area contributed by atoms with Gasteiger partial charge < -0.3 is 0 Å². The number of piperidine rings is 1. The Morgan fingerprint density at radius 2 is 1.69 bits per heavy atom. The molecule has 0 spiro atoms. The lowest BCUT2D eigenvalue weighted by Crippen LogP contribution is -2.46. The fourth-order valence-electron chi connectivity index (χ4n) is 2.27. The average molecular weight is 183 g/mol. The van der Waals surface area contributed by atoms with E-state index in [4.69, 9.17) is 0 Å². The van der Waals surface area contributed by atoms with Crippen LogP contribution in [-0.2, 0) is 0 Å². The third-order valence-electron chi connectivity index (χ3n) is 3.35. The van der Waals surface area contributed by atoms with Crippen molar-refractivity contribution in [2.75, 3.05) is 13.1 Å². The highest BCUT2D eigenvalue weighted by Crippen LogP contribution is 2.25. The van der Waals surface area contributed by atoms with E-state index in [1.807, 2.05) is 0 Å². The van der Waals surface area contributed by atoms with Gasteiger partial charge in [-0.25, -0.2) is 0 Å². The standard InChI is InChI=1S/C12H25N/c1-4-5-9-12(2,3)13-10-7-6-8-11-13/h4-11H2,1-3H3. The number of hydrogen-bond donors (Lipinski definition) is 0. The summed E-state index contributed by atoms with van der Waals surface area (Å²) in [5.74, 6) is 0. The molecule has 1 aliphatic heterocycles. The first-order valence-electron chi connectivity index (χ1n) is 5.92. The van der Waals surface area contributed by atoms with E-state index in [1.165, 1.54) is 51.6 Å². The van der Waals surface area contributed by atoms with Gasteiger partial charge in [-0.1, -0.05) is 26.2 Å². The first-order valence-corrected chi connectivity index (χ1v) is 5.92. The van der Waals surface area contributed by atoms with Gasteiger partial charge in [0.25, 0.3) is 0 Å². The molecule has 1 saturated heterocycles. The molecule has 0 amide bonds. The second kappa shape index (κ2) is 4.99. The predicted octanol–water partition coefficient (Wildman–Crippen LogP) is 3.44. The molecule has 0 saturated carbocycles. The minimum atomic E-state index is 0.455. The fraction of sp³-hybridized carbons (Fsp3) is 1.00. The van der Waals surface area contributed by atoms with Crippen molar-refractivity contribution < 1.29 is 0 Å². The zero-order valence-electron chi connectivity index (χ0n) is 9.60. The summed E-state index contributed by atoms with van der Waals surface area (Å²) >= 11 is 0. The lowest BCUT2D eigenvalue weighted by molar-refractivity contribution is 0.0861. The minimum absolute atomic E-state index is 0.455. The second-order valence-corrected chi connectivity index (χ2v) is 4.96. The highest BCUT2D eigenvalue weighted by Gasteiger charge is 2.26. The molecule has 13 heavy (non-hydrogen) atoms. The Labute approximate surface area is 83.5 Å². The third kappa shape index (κ3) is 3.30. The van der Waals surface area contributed by atoms with Crippen molar-refractivity contribution in [1.29, 1.82) is 0 Å². The zero-order chi connectivity index (χ0) is 9.73. The molecule has 0 unspecified atom stereocenters. The molecular formula is C12H25N. The van der Waals surface area contributed by atoms with E-state index in [0.717, 1.165) is 0 Å². The van der Waals surface area contributed by atoms with Gasteiger partial charge in [0, 0.05) is 5.54 Å². The molecule has 1 rings (SSSR count). The van der Waals surface area contributed by atoms with E-state index < -0.39 is 0 Å². The van der Waals surface area contributed by atoms with Crippen molar-refractivity contribution in [3.8, 4) is 0 Å². The first kappa shape index (κ1) is 11.0. The van der Waals surface area contributed by atoms with Gasteiger partial charge in [-0.15, -0.1) is 0 Å². The number of hydrogen-bond acceptors (Lipinski definition) is 1. The van der Waals surface area contributed by atoms with Gasteiger partial charge in [-0.05, 0) is 46.2 Å². The summed E-state index contributed by atoms with van der Waals surface area (Å²) in [6.45, 7) is 9.77. The van der Waals surface area contributed by atoms with Gasteiger partial charge in [-0.2, -0.15) is 0 Å². The van der Waals surface area contributed by atoms with Crippen molar-refractivity contribution in [3.63, 3.8) is 0 Å². The summed E-state index contributed by atoms with van der Waals surface area (Å²) in [7, 11) is 0. The van der Waals surface area contributed by atoms with Crippen molar-refractivity contribution >= 4 is 0 Å². The molecule has 1 aliphatic rings. The Balaban J connectivity index is 2.36. The molecule has 0 radical (unpaired) electrons. The summed E-state index contributed by atoms with van der Waals surface area (Å²) in [6.07, 6.45) is 8.34. The van der Waals surface area contributed by atoms with Crippen LogP contribution in [-0.4, -0.2) is 23.5 Å². The molecule has 1 heterocycles. The molecule has 0 aromatic carbocycles. The maximum Gasteiger partial charge on any atom is 0.0153 e. The van der Waals surface area contributed by atoms with Crippen LogP contribution in [0.2, 0.25) is 0 Å². The van der Waals surface area contributed by atoms with E-state index in [-0.39, 0.29) is 0 Å². The summed E-state index contributed by atoms with van der Waals surface area (Å²) in [4.78, 5) is 2.69. The van der Waals surface area contributed by atoms with Crippen LogP contribution in [0.5, 0.6) is 0 Å². The van der Waals surface area contributed by atoms with Crippen molar-refractivity contribution in [1.82, 2.24) is 4.90 Å². The van der Waals surface area contributed by atoms with Crippen LogP contribution in [0.25, 0.3) is 0 Å². The van der Waals surface area contributed by atoms with Crippen molar-refractivity contribution in [3.05, 3.63) is 0 Å². The topological polar surface area (TPSA) is 3.24 Å². The van der Waals surface area contributed by atoms with Crippen molar-refractivity contribution in [2.45, 2.75) is 64.8 Å². The monoisotopic (exact) mass is 183 g/mol. The smallest absolute Gasteiger partial charge is 0.0153 e. The predicted molar refractivity (Wildman–Crippen MR) is 59.0 cm³/mol. The number of rotatable bonds is 4. The maximum absolute atomic E-state index is 2.69. The van der Waals surface area contributed by atoms with Gasteiger partial charge >= 0.3 is 0 Å². The van der Waals surface area contributed by atoms with Crippen LogP contribution >= 0.6 is 0 Å². The Hall–Kier alpha value is -0.0400. The summed E-state index contributed by atoms with van der Waals surface area (Å²) in [5.41, 5.74) is 0.455. The second-order valence-electron chi connectivity index (χ2n) is 4.96. The Morgan fingerprint density at radius 3 is 2.23 bits per heavy atom. The van der Waals surface area contributed by atoms with E-state index >= 15 is 0 Å². The minimum Gasteiger partial charge on any atom is -0.298 e. The highest BCUT2D eigenvalue weighted by atomic mass is 15.2. The molecule has 0 atom stereocenters. The molecule has 78 valence electrons. The Bertz CT molecular complexity index is 134. The molecule has 1 fully saturated rings. The summed E-state index contributed by atoms with van der Waals surface area (Å²) in [5, 5.41) is 0. The molecule has 1 nitrogen and oxygen atoms in total. The Morgan fingerprint density at radius 1 is 1.08 bits per heavy atom. The normalized spacial score (nSPS) is 20.5. The quantitative estimate of drug-likeness (QED) is 0.645. The van der Waals surface area contributed by atoms with E-state index in [9.17, 15) is 0 Å². The molecule has 0 bridgehead atoms. The molecule has 1 heteroatoms. The molecule has 0 aromatic heterocycles. The largest absolute Gasteiger partial charge is 0.298 e. The van der Waals surface area contributed by atoms with Crippen molar-refractivity contribution in [2.24, 2.45) is 0 Å². The first-order chi connectivity index (χ1) is 6.17. The van der Waals surface area contributed by atoms with E-state index in [2.05, 4.69) is 25.7 Å². The highest BCUT2D eigenvalue weighted by molar-refractivity contribution is 4.83. The SMILES string of the molecule is CCCCC(C)(C)N1CCCCC1. The van der Waals surface area contributed by atoms with Crippen LogP contribution in [0, 0.1) is 0 Å². The van der Waals surface area contributed by atoms with Gasteiger partial charge in [0.05, 0.1) is 0 Å². The van der Waals surface area contributed by atoms with Gasteiger partial charge in [0.15, 0.2) is 0 Å². The molecule has 0 aliphatic carbocycles. The zero-order valence-corrected chi connectivity index (χ0v) is 9.60. The van der Waals surface area contributed by atoms with Gasteiger partial charge in [0.2, 0.25) is 0 Å². The molecule has 0 aromatic rings. The van der Waals surface area contributed by atoms with Gasteiger partial charge in [0.1, 0.15) is 0 Å². The number of likely N-dealkylation sites (tertiary alicyclic amines) is 1. The Kier molecular flexibility index (Phi) is 4.24. The average Bonchev–Trinajstić information content (AvgIpc) is 2.16. The van der Waals surface area contributed by atoms with Crippen LogP contribution in [0.3, 0.4) is 0 Å². The van der Waals surface area contributed by atoms with E-state index in [1.54, 1.807) is 0 Å². The number of nitrogens with zero attached hydrogens (tertiary/aromatic N) is 1. The summed E-state index contributed by atoms with van der Waals surface area (Å²) < 4.78 is 0. The van der Waals surface area contributed by atoms with E-state index in [0.29, 0.717) is 5.54 Å². The van der Waals surface area contributed by atoms with Crippen LogP contribution in [0.4, 0.5) is 0 Å². The summed E-state index contributed by atoms with van der Waals surface area (Å²) in [6, 6.07) is 0. The van der Waals surface area contributed by atoms with Crippen LogP contribution in [0.1, 0.15) is 59.3 Å². The number of unbranched alkanes of at least 4 members (excludes halogenated alkanes) is 1. The molecule has 0 N–H and O–H groups in total. The third-order valence-corrected chi connectivity index (χ3v) is 3.35. The fourth-order valence-corrected chi connectivity index (χ4v) is 2.27. The maximum atomic E-state index is 2.69. The lowest BCUT2D eigenvalue weighted by atomic mass is 9.93. The van der Waals surface area contributed by atoms with Crippen LogP contribution in [0.15, 0.2) is 0 Å². The van der Waals surface area contributed by atoms with Crippen LogP contribution < -0.4 is 0 Å². The molecular weight excluding hydrogens is 158 g/mol. The lowest BCUT2D eigenvalue weighted by Gasteiger charge is -2.41.